The number of aliphatic carboxylic acids is 1. The Bertz CT molecular complexity index is 952. The summed E-state index contributed by atoms with van der Waals surface area (Å²) in [5.41, 5.74) is -0.375. The molecule has 0 aromatic heterocycles. The predicted octanol–water partition coefficient (Wildman–Crippen LogP) is 5.38. The molecule has 0 aromatic rings. The number of carbonyl (C=O) groups is 1. The quantitative estimate of drug-likeness (QED) is 0.293. The molecule has 5 aliphatic rings. The molecule has 4 saturated carbocycles. The van der Waals surface area contributed by atoms with Gasteiger partial charge in [-0.1, -0.05) is 60.1 Å². The smallest absolute Gasteiger partial charge is 0.310 e. The summed E-state index contributed by atoms with van der Waals surface area (Å²) in [5.74, 6) is -1.34. The van der Waals surface area contributed by atoms with E-state index >= 15 is 0 Å². The van der Waals surface area contributed by atoms with Gasteiger partial charge in [-0.15, -0.1) is 0 Å². The van der Waals surface area contributed by atoms with E-state index in [1.807, 2.05) is 13.8 Å². The van der Waals surface area contributed by atoms with E-state index in [9.17, 15) is 25.2 Å². The van der Waals surface area contributed by atoms with Gasteiger partial charge in [-0.2, -0.15) is 0 Å². The molecular formula is C30H48O5. The van der Waals surface area contributed by atoms with Gasteiger partial charge in [-0.25, -0.2) is 0 Å². The van der Waals surface area contributed by atoms with Crippen molar-refractivity contribution in [3.05, 3.63) is 11.6 Å². The Kier molecular flexibility index (Phi) is 5.40. The van der Waals surface area contributed by atoms with Crippen LogP contribution in [-0.4, -0.2) is 38.3 Å². The molecule has 5 heteroatoms. The lowest BCUT2D eigenvalue weighted by Crippen LogP contribution is -2.71. The van der Waals surface area contributed by atoms with E-state index in [4.69, 9.17) is 0 Å². The zero-order valence-corrected chi connectivity index (χ0v) is 22.9. The highest BCUT2D eigenvalue weighted by Crippen LogP contribution is 2.76. The summed E-state index contributed by atoms with van der Waals surface area (Å²) in [6.45, 7) is 15.6. The molecule has 10 atom stereocenters. The van der Waals surface area contributed by atoms with Crippen LogP contribution in [0.2, 0.25) is 0 Å². The van der Waals surface area contributed by atoms with Crippen LogP contribution in [0.15, 0.2) is 11.6 Å². The van der Waals surface area contributed by atoms with Crippen molar-refractivity contribution in [3.63, 3.8) is 0 Å². The summed E-state index contributed by atoms with van der Waals surface area (Å²) in [6, 6.07) is 0. The maximum absolute atomic E-state index is 12.8. The maximum atomic E-state index is 12.8. The van der Waals surface area contributed by atoms with Crippen molar-refractivity contribution in [2.75, 3.05) is 0 Å². The Morgan fingerprint density at radius 3 is 2.23 bits per heavy atom. The van der Waals surface area contributed by atoms with E-state index < -0.39 is 28.7 Å². The van der Waals surface area contributed by atoms with Crippen LogP contribution in [0.1, 0.15) is 99.8 Å². The van der Waals surface area contributed by atoms with Gasteiger partial charge in [-0.05, 0) is 97.2 Å². The molecule has 198 valence electrons. The average molecular weight is 489 g/mol. The van der Waals surface area contributed by atoms with Gasteiger partial charge in [-0.3, -0.25) is 4.79 Å². The monoisotopic (exact) mass is 488 g/mol. The van der Waals surface area contributed by atoms with E-state index in [2.05, 4.69) is 40.7 Å². The number of hydrogen-bond acceptors (Lipinski definition) is 4. The van der Waals surface area contributed by atoms with Gasteiger partial charge in [0, 0.05) is 5.41 Å². The van der Waals surface area contributed by atoms with E-state index in [1.165, 1.54) is 5.57 Å². The van der Waals surface area contributed by atoms with Crippen LogP contribution in [-0.2, 0) is 4.79 Å². The first kappa shape index (κ1) is 25.7. The first-order valence-corrected chi connectivity index (χ1v) is 14.1. The van der Waals surface area contributed by atoms with Crippen LogP contribution >= 0.6 is 0 Å². The van der Waals surface area contributed by atoms with Crippen LogP contribution in [0.4, 0.5) is 0 Å². The van der Waals surface area contributed by atoms with Crippen molar-refractivity contribution in [1.29, 1.82) is 0 Å². The predicted molar refractivity (Wildman–Crippen MR) is 135 cm³/mol. The summed E-state index contributed by atoms with van der Waals surface area (Å²) >= 11 is 0. The lowest BCUT2D eigenvalue weighted by atomic mass is 9.33. The molecule has 4 N–H and O–H groups in total. The Labute approximate surface area is 211 Å². The number of carboxylic acid groups (broad SMARTS) is 1. The molecular weight excluding hydrogens is 440 g/mol. The summed E-state index contributed by atoms with van der Waals surface area (Å²) in [7, 11) is 0. The molecule has 5 nitrogen and oxygen atoms in total. The van der Waals surface area contributed by atoms with Crippen LogP contribution < -0.4 is 0 Å². The van der Waals surface area contributed by atoms with E-state index in [1.54, 1.807) is 0 Å². The normalized spacial score (nSPS) is 54.4. The third-order valence-electron chi connectivity index (χ3n) is 13.6. The zero-order valence-electron chi connectivity index (χ0n) is 22.9. The molecule has 5 aliphatic carbocycles. The highest BCUT2D eigenvalue weighted by molar-refractivity contribution is 5.76. The van der Waals surface area contributed by atoms with Gasteiger partial charge >= 0.3 is 5.97 Å². The summed E-state index contributed by atoms with van der Waals surface area (Å²) in [4.78, 5) is 12.8. The molecule has 0 saturated heterocycles. The minimum absolute atomic E-state index is 0.0197. The molecule has 35 heavy (non-hydrogen) atoms. The van der Waals surface area contributed by atoms with E-state index in [-0.39, 0.29) is 28.1 Å². The van der Waals surface area contributed by atoms with Gasteiger partial charge in [0.15, 0.2) is 5.79 Å². The molecule has 0 heterocycles. The highest BCUT2D eigenvalue weighted by Gasteiger charge is 2.72. The summed E-state index contributed by atoms with van der Waals surface area (Å²) < 4.78 is 0. The molecule has 0 amide bonds. The van der Waals surface area contributed by atoms with E-state index in [0.717, 1.165) is 44.9 Å². The molecule has 0 radical (unpaired) electrons. The Morgan fingerprint density at radius 1 is 0.943 bits per heavy atom. The van der Waals surface area contributed by atoms with Gasteiger partial charge in [0.05, 0.1) is 5.41 Å². The van der Waals surface area contributed by atoms with Crippen molar-refractivity contribution >= 4 is 5.97 Å². The van der Waals surface area contributed by atoms with Crippen LogP contribution in [0.25, 0.3) is 0 Å². The lowest BCUT2D eigenvalue weighted by Gasteiger charge is -2.72. The second-order valence-electron chi connectivity index (χ2n) is 14.8. The van der Waals surface area contributed by atoms with Crippen LogP contribution in [0.5, 0.6) is 0 Å². The average Bonchev–Trinajstić information content (AvgIpc) is 2.75. The Hall–Kier alpha value is -0.910. The minimum Gasteiger partial charge on any atom is -0.481 e. The fourth-order valence-corrected chi connectivity index (χ4v) is 10.9. The largest absolute Gasteiger partial charge is 0.481 e. The van der Waals surface area contributed by atoms with Gasteiger partial charge in [0.2, 0.25) is 0 Å². The summed E-state index contributed by atoms with van der Waals surface area (Å²) in [5, 5.41) is 43.4. The van der Waals surface area contributed by atoms with Crippen LogP contribution in [0, 0.1) is 56.7 Å². The van der Waals surface area contributed by atoms with Crippen molar-refractivity contribution < 1.29 is 25.2 Å². The fourth-order valence-electron chi connectivity index (χ4n) is 10.9. The molecule has 4 fully saturated rings. The number of rotatable bonds is 1. The lowest BCUT2D eigenvalue weighted by molar-refractivity contribution is -0.351. The molecule has 0 spiro atoms. The zero-order chi connectivity index (χ0) is 26.0. The standard InChI is InChI=1S/C30H48O5/c1-17-10-13-29(24(32)33)15-14-27(6)19(23(29)18(17)2)8-9-21-26(5)16-22(31)30(34,35)25(3,4)20(26)11-12-28(21,27)7/h8,17-18,20-23,31,34-35H,9-16H2,1-7H3,(H,32,33). The number of aliphatic hydroxyl groups excluding tert-OH is 1. The fraction of sp³-hybridized carbons (Fsp3) is 0.900. The van der Waals surface area contributed by atoms with Crippen molar-refractivity contribution in [2.24, 2.45) is 56.7 Å². The summed E-state index contributed by atoms with van der Waals surface area (Å²) in [6.07, 6.45) is 7.83. The first-order chi connectivity index (χ1) is 16.0. The molecule has 5 rings (SSSR count). The highest BCUT2D eigenvalue weighted by atomic mass is 16.5. The van der Waals surface area contributed by atoms with Crippen molar-refractivity contribution in [1.82, 2.24) is 0 Å². The SMILES string of the molecule is CC1CCC2(C(=O)O)CCC3(C)C(=CCC4C5(C)CC(O)C(O)(O)C(C)(C)C5CCC43C)C2C1C. The molecule has 0 aromatic carbocycles. The topological polar surface area (TPSA) is 98.0 Å². The Balaban J connectivity index is 1.62. The third kappa shape index (κ3) is 2.84. The Morgan fingerprint density at radius 2 is 1.60 bits per heavy atom. The minimum atomic E-state index is -2.09. The van der Waals surface area contributed by atoms with Gasteiger partial charge in [0.25, 0.3) is 0 Å². The third-order valence-corrected chi connectivity index (χ3v) is 13.6. The molecule has 0 bridgehead atoms. The molecule has 0 aliphatic heterocycles. The van der Waals surface area contributed by atoms with Crippen molar-refractivity contribution in [3.8, 4) is 0 Å². The number of allylic oxidation sites excluding steroid dienone is 2. The maximum Gasteiger partial charge on any atom is 0.310 e. The second kappa shape index (κ2) is 7.35. The van der Waals surface area contributed by atoms with Crippen molar-refractivity contribution in [2.45, 2.75) is 112 Å². The van der Waals surface area contributed by atoms with Gasteiger partial charge < -0.3 is 20.4 Å². The number of carboxylic acids is 1. The van der Waals surface area contributed by atoms with E-state index in [0.29, 0.717) is 24.2 Å². The first-order valence-electron chi connectivity index (χ1n) is 14.1. The number of aliphatic hydroxyl groups is 3. The second-order valence-corrected chi connectivity index (χ2v) is 14.8. The van der Waals surface area contributed by atoms with Crippen LogP contribution in [0.3, 0.4) is 0 Å². The molecule has 10 unspecified atom stereocenters. The van der Waals surface area contributed by atoms with Gasteiger partial charge in [0.1, 0.15) is 6.10 Å². The number of hydrogen-bond donors (Lipinski definition) is 4. The number of fused-ring (bicyclic) bond motifs is 7.